The standard InChI is InChI=1S/C13H27NO2/c1-13(2,3)14-8-6-9-15-11-12-7-4-5-10-16-12/h12,14H,4-11H2,1-3H3. The van der Waals surface area contributed by atoms with Gasteiger partial charge in [0.05, 0.1) is 12.7 Å². The Hall–Kier alpha value is -0.120. The van der Waals surface area contributed by atoms with Crippen LogP contribution in [-0.2, 0) is 9.47 Å². The molecular weight excluding hydrogens is 202 g/mol. The van der Waals surface area contributed by atoms with Crippen molar-refractivity contribution in [1.82, 2.24) is 5.32 Å². The third kappa shape index (κ3) is 7.20. The summed E-state index contributed by atoms with van der Waals surface area (Å²) >= 11 is 0. The van der Waals surface area contributed by atoms with Crippen LogP contribution in [-0.4, -0.2) is 38.0 Å². The quantitative estimate of drug-likeness (QED) is 0.709. The van der Waals surface area contributed by atoms with Crippen LogP contribution in [0, 0.1) is 0 Å². The lowest BCUT2D eigenvalue weighted by Gasteiger charge is -2.23. The summed E-state index contributed by atoms with van der Waals surface area (Å²) in [5, 5.41) is 3.45. The third-order valence-electron chi connectivity index (χ3n) is 2.70. The highest BCUT2D eigenvalue weighted by Crippen LogP contribution is 2.12. The summed E-state index contributed by atoms with van der Waals surface area (Å²) in [5.41, 5.74) is 0.215. The topological polar surface area (TPSA) is 30.5 Å². The van der Waals surface area contributed by atoms with Crippen molar-refractivity contribution in [2.24, 2.45) is 0 Å². The van der Waals surface area contributed by atoms with Gasteiger partial charge in [-0.25, -0.2) is 0 Å². The van der Waals surface area contributed by atoms with Crippen molar-refractivity contribution in [1.29, 1.82) is 0 Å². The van der Waals surface area contributed by atoms with Crippen molar-refractivity contribution in [3.63, 3.8) is 0 Å². The Bertz CT molecular complexity index is 171. The number of hydrogen-bond acceptors (Lipinski definition) is 3. The predicted molar refractivity (Wildman–Crippen MR) is 66.8 cm³/mol. The first kappa shape index (κ1) is 13.9. The first-order valence-corrected chi connectivity index (χ1v) is 6.52. The summed E-state index contributed by atoms with van der Waals surface area (Å²) in [5.74, 6) is 0. The highest BCUT2D eigenvalue weighted by atomic mass is 16.5. The van der Waals surface area contributed by atoms with Crippen molar-refractivity contribution in [3.8, 4) is 0 Å². The van der Waals surface area contributed by atoms with Gasteiger partial charge in [0, 0.05) is 18.8 Å². The maximum Gasteiger partial charge on any atom is 0.0808 e. The van der Waals surface area contributed by atoms with Crippen molar-refractivity contribution in [3.05, 3.63) is 0 Å². The van der Waals surface area contributed by atoms with Gasteiger partial charge in [0.1, 0.15) is 0 Å². The van der Waals surface area contributed by atoms with Crippen molar-refractivity contribution >= 4 is 0 Å². The zero-order valence-electron chi connectivity index (χ0n) is 11.1. The molecule has 1 fully saturated rings. The van der Waals surface area contributed by atoms with Crippen molar-refractivity contribution in [2.45, 2.75) is 58.1 Å². The molecule has 0 saturated carbocycles. The lowest BCUT2D eigenvalue weighted by atomic mass is 10.1. The van der Waals surface area contributed by atoms with Gasteiger partial charge in [-0.3, -0.25) is 0 Å². The Morgan fingerprint density at radius 2 is 2.12 bits per heavy atom. The molecule has 1 heterocycles. The van der Waals surface area contributed by atoms with Gasteiger partial charge in [-0.2, -0.15) is 0 Å². The predicted octanol–water partition coefficient (Wildman–Crippen LogP) is 2.35. The minimum Gasteiger partial charge on any atom is -0.379 e. The molecule has 3 nitrogen and oxygen atoms in total. The number of nitrogens with one attached hydrogen (secondary N) is 1. The van der Waals surface area contributed by atoms with E-state index in [4.69, 9.17) is 9.47 Å². The molecule has 0 aliphatic carbocycles. The molecular formula is C13H27NO2. The summed E-state index contributed by atoms with van der Waals surface area (Å²) in [7, 11) is 0. The van der Waals surface area contributed by atoms with E-state index < -0.39 is 0 Å². The van der Waals surface area contributed by atoms with Crippen LogP contribution in [0.2, 0.25) is 0 Å². The first-order valence-electron chi connectivity index (χ1n) is 6.52. The summed E-state index contributed by atoms with van der Waals surface area (Å²) in [6.45, 7) is 10.1. The van der Waals surface area contributed by atoms with Crippen LogP contribution in [0.25, 0.3) is 0 Å². The molecule has 0 amide bonds. The van der Waals surface area contributed by atoms with E-state index in [-0.39, 0.29) is 5.54 Å². The van der Waals surface area contributed by atoms with E-state index in [1.165, 1.54) is 19.3 Å². The van der Waals surface area contributed by atoms with Gasteiger partial charge >= 0.3 is 0 Å². The van der Waals surface area contributed by atoms with Crippen LogP contribution in [0.15, 0.2) is 0 Å². The smallest absolute Gasteiger partial charge is 0.0808 e. The molecule has 3 heteroatoms. The second-order valence-corrected chi connectivity index (χ2v) is 5.59. The second kappa shape index (κ2) is 7.25. The first-order chi connectivity index (χ1) is 7.58. The fraction of sp³-hybridized carbons (Fsp3) is 1.00. The minimum absolute atomic E-state index is 0.215. The molecule has 1 atom stereocenters. The van der Waals surface area contributed by atoms with E-state index >= 15 is 0 Å². The lowest BCUT2D eigenvalue weighted by molar-refractivity contribution is -0.0409. The normalized spacial score (nSPS) is 22.3. The largest absolute Gasteiger partial charge is 0.379 e. The van der Waals surface area contributed by atoms with E-state index in [1.807, 2.05) is 0 Å². The molecule has 96 valence electrons. The maximum atomic E-state index is 5.62. The van der Waals surface area contributed by atoms with Crippen LogP contribution in [0.5, 0.6) is 0 Å². The minimum atomic E-state index is 0.215. The van der Waals surface area contributed by atoms with E-state index in [2.05, 4.69) is 26.1 Å². The van der Waals surface area contributed by atoms with Gasteiger partial charge in [0.15, 0.2) is 0 Å². The van der Waals surface area contributed by atoms with Gasteiger partial charge in [-0.15, -0.1) is 0 Å². The molecule has 0 spiro atoms. The molecule has 0 aromatic carbocycles. The molecule has 0 bridgehead atoms. The van der Waals surface area contributed by atoms with Crippen LogP contribution in [0.1, 0.15) is 46.5 Å². The molecule has 0 radical (unpaired) electrons. The summed E-state index contributed by atoms with van der Waals surface area (Å²) in [6, 6.07) is 0. The number of rotatable bonds is 6. The second-order valence-electron chi connectivity index (χ2n) is 5.59. The zero-order chi connectivity index (χ0) is 11.9. The lowest BCUT2D eigenvalue weighted by Crippen LogP contribution is -2.36. The molecule has 1 rings (SSSR count). The third-order valence-corrected chi connectivity index (χ3v) is 2.70. The van der Waals surface area contributed by atoms with Crippen LogP contribution in [0.3, 0.4) is 0 Å². The average Bonchev–Trinajstić information content (AvgIpc) is 2.23. The fourth-order valence-corrected chi connectivity index (χ4v) is 1.79. The van der Waals surface area contributed by atoms with Crippen LogP contribution < -0.4 is 5.32 Å². The fourth-order valence-electron chi connectivity index (χ4n) is 1.79. The highest BCUT2D eigenvalue weighted by molar-refractivity contribution is 4.69. The molecule has 1 aliphatic rings. The van der Waals surface area contributed by atoms with Gasteiger partial charge in [0.25, 0.3) is 0 Å². The summed E-state index contributed by atoms with van der Waals surface area (Å²) in [6.07, 6.45) is 5.10. The number of ether oxygens (including phenoxy) is 2. The Kier molecular flexibility index (Phi) is 6.32. The van der Waals surface area contributed by atoms with E-state index in [0.29, 0.717) is 6.10 Å². The highest BCUT2D eigenvalue weighted by Gasteiger charge is 2.13. The SMILES string of the molecule is CC(C)(C)NCCCOCC1CCCCO1. The zero-order valence-corrected chi connectivity index (χ0v) is 11.1. The summed E-state index contributed by atoms with van der Waals surface area (Å²) in [4.78, 5) is 0. The average molecular weight is 229 g/mol. The van der Waals surface area contributed by atoms with Gasteiger partial charge in [0.2, 0.25) is 0 Å². The molecule has 1 saturated heterocycles. The van der Waals surface area contributed by atoms with E-state index in [0.717, 1.165) is 32.8 Å². The molecule has 1 unspecified atom stereocenters. The number of hydrogen-bond donors (Lipinski definition) is 1. The summed E-state index contributed by atoms with van der Waals surface area (Å²) < 4.78 is 11.2. The van der Waals surface area contributed by atoms with Gasteiger partial charge < -0.3 is 14.8 Å². The Balaban J connectivity index is 1.87. The van der Waals surface area contributed by atoms with E-state index in [9.17, 15) is 0 Å². The molecule has 1 N–H and O–H groups in total. The van der Waals surface area contributed by atoms with Gasteiger partial charge in [-0.1, -0.05) is 0 Å². The Morgan fingerprint density at radius 3 is 2.75 bits per heavy atom. The maximum absolute atomic E-state index is 5.62. The van der Waals surface area contributed by atoms with E-state index in [1.54, 1.807) is 0 Å². The van der Waals surface area contributed by atoms with Crippen molar-refractivity contribution < 1.29 is 9.47 Å². The molecule has 1 aliphatic heterocycles. The Morgan fingerprint density at radius 1 is 1.31 bits per heavy atom. The monoisotopic (exact) mass is 229 g/mol. The Labute approximate surface area is 99.9 Å². The van der Waals surface area contributed by atoms with Crippen molar-refractivity contribution in [2.75, 3.05) is 26.4 Å². The van der Waals surface area contributed by atoms with Crippen LogP contribution >= 0.6 is 0 Å². The molecule has 0 aromatic rings. The molecule has 16 heavy (non-hydrogen) atoms. The van der Waals surface area contributed by atoms with Crippen LogP contribution in [0.4, 0.5) is 0 Å². The van der Waals surface area contributed by atoms with Gasteiger partial charge in [-0.05, 0) is 53.0 Å². The molecule has 0 aromatic heterocycles.